The van der Waals surface area contributed by atoms with Crippen molar-refractivity contribution in [1.29, 1.82) is 0 Å². The van der Waals surface area contributed by atoms with Gasteiger partial charge in [-0.1, -0.05) is 18.2 Å². The first kappa shape index (κ1) is 13.5. The minimum absolute atomic E-state index is 0.0615. The third-order valence-electron chi connectivity index (χ3n) is 2.80. The van der Waals surface area contributed by atoms with E-state index in [0.29, 0.717) is 12.3 Å². The van der Waals surface area contributed by atoms with E-state index in [4.69, 9.17) is 10.5 Å². The van der Waals surface area contributed by atoms with Crippen molar-refractivity contribution in [3.8, 4) is 5.75 Å². The van der Waals surface area contributed by atoms with Crippen LogP contribution in [0, 0.1) is 11.6 Å². The summed E-state index contributed by atoms with van der Waals surface area (Å²) in [6.45, 7) is 0.454. The van der Waals surface area contributed by atoms with Crippen LogP contribution in [0.5, 0.6) is 5.75 Å². The van der Waals surface area contributed by atoms with Crippen LogP contribution >= 0.6 is 0 Å². The number of hydrogen-bond acceptors (Lipinski definition) is 2. The van der Waals surface area contributed by atoms with Crippen LogP contribution in [-0.4, -0.2) is 6.54 Å². The minimum Gasteiger partial charge on any atom is -0.489 e. The van der Waals surface area contributed by atoms with Gasteiger partial charge in [-0.25, -0.2) is 8.78 Å². The van der Waals surface area contributed by atoms with E-state index in [2.05, 4.69) is 0 Å². The Kier molecular flexibility index (Phi) is 4.47. The van der Waals surface area contributed by atoms with E-state index in [-0.39, 0.29) is 12.2 Å². The maximum absolute atomic E-state index is 13.4. The van der Waals surface area contributed by atoms with Crippen LogP contribution in [0.2, 0.25) is 0 Å². The van der Waals surface area contributed by atoms with Gasteiger partial charge in [0.25, 0.3) is 0 Å². The van der Waals surface area contributed by atoms with E-state index in [1.807, 2.05) is 12.1 Å². The smallest absolute Gasteiger partial charge is 0.132 e. The summed E-state index contributed by atoms with van der Waals surface area (Å²) < 4.78 is 32.1. The third kappa shape index (κ3) is 3.51. The van der Waals surface area contributed by atoms with Crippen LogP contribution < -0.4 is 10.5 Å². The van der Waals surface area contributed by atoms with E-state index in [1.165, 1.54) is 18.2 Å². The molecule has 2 rings (SSSR count). The van der Waals surface area contributed by atoms with E-state index < -0.39 is 11.6 Å². The molecule has 2 N–H and O–H groups in total. The highest BCUT2D eigenvalue weighted by atomic mass is 19.1. The van der Waals surface area contributed by atoms with Crippen LogP contribution in [0.3, 0.4) is 0 Å². The van der Waals surface area contributed by atoms with Crippen LogP contribution in [0.1, 0.15) is 11.1 Å². The molecule has 0 aromatic heterocycles. The zero-order valence-electron chi connectivity index (χ0n) is 10.4. The van der Waals surface area contributed by atoms with Crippen molar-refractivity contribution in [3.05, 3.63) is 65.2 Å². The van der Waals surface area contributed by atoms with Crippen molar-refractivity contribution in [1.82, 2.24) is 0 Å². The Morgan fingerprint density at radius 1 is 0.947 bits per heavy atom. The van der Waals surface area contributed by atoms with Gasteiger partial charge in [0.15, 0.2) is 0 Å². The second-order valence-corrected chi connectivity index (χ2v) is 4.17. The van der Waals surface area contributed by atoms with E-state index in [1.54, 1.807) is 12.1 Å². The maximum atomic E-state index is 13.4. The highest BCUT2D eigenvalue weighted by Crippen LogP contribution is 2.17. The first-order chi connectivity index (χ1) is 9.20. The van der Waals surface area contributed by atoms with Gasteiger partial charge in [0.2, 0.25) is 0 Å². The van der Waals surface area contributed by atoms with Gasteiger partial charge in [-0.3, -0.25) is 0 Å². The van der Waals surface area contributed by atoms with Crippen molar-refractivity contribution in [3.63, 3.8) is 0 Å². The monoisotopic (exact) mass is 263 g/mol. The zero-order chi connectivity index (χ0) is 13.7. The standard InChI is InChI=1S/C15H15F2NO/c16-14-2-1-3-15(17)13(14)10-19-12-6-4-11(5-7-12)8-9-18/h1-7H,8-10,18H2. The number of benzene rings is 2. The summed E-state index contributed by atoms with van der Waals surface area (Å²) in [5.41, 5.74) is 6.49. The average Bonchev–Trinajstić information content (AvgIpc) is 2.40. The molecule has 0 atom stereocenters. The van der Waals surface area contributed by atoms with Gasteiger partial charge in [0.1, 0.15) is 24.0 Å². The maximum Gasteiger partial charge on any atom is 0.132 e. The first-order valence-electron chi connectivity index (χ1n) is 6.05. The van der Waals surface area contributed by atoms with Gasteiger partial charge in [0.05, 0.1) is 5.56 Å². The molecule has 2 aromatic rings. The van der Waals surface area contributed by atoms with Gasteiger partial charge in [0, 0.05) is 0 Å². The lowest BCUT2D eigenvalue weighted by molar-refractivity contribution is 0.292. The molecule has 19 heavy (non-hydrogen) atoms. The lowest BCUT2D eigenvalue weighted by atomic mass is 10.1. The summed E-state index contributed by atoms with van der Waals surface area (Å²) in [7, 11) is 0. The molecule has 0 unspecified atom stereocenters. The normalized spacial score (nSPS) is 10.5. The molecule has 0 aliphatic carbocycles. The Bertz CT molecular complexity index is 520. The molecule has 2 aromatic carbocycles. The predicted molar refractivity (Wildman–Crippen MR) is 69.9 cm³/mol. The topological polar surface area (TPSA) is 35.2 Å². The largest absolute Gasteiger partial charge is 0.489 e. The summed E-state index contributed by atoms with van der Waals surface area (Å²) in [5, 5.41) is 0. The van der Waals surface area contributed by atoms with Gasteiger partial charge in [-0.05, 0) is 42.8 Å². The molecule has 0 spiro atoms. The van der Waals surface area contributed by atoms with E-state index in [9.17, 15) is 8.78 Å². The van der Waals surface area contributed by atoms with E-state index >= 15 is 0 Å². The Morgan fingerprint density at radius 2 is 1.58 bits per heavy atom. The van der Waals surface area contributed by atoms with Crippen LogP contribution in [0.25, 0.3) is 0 Å². The molecule has 0 radical (unpaired) electrons. The zero-order valence-corrected chi connectivity index (χ0v) is 10.4. The Labute approximate surface area is 110 Å². The fraction of sp³-hybridized carbons (Fsp3) is 0.200. The van der Waals surface area contributed by atoms with Crippen molar-refractivity contribution >= 4 is 0 Å². The second-order valence-electron chi connectivity index (χ2n) is 4.17. The summed E-state index contributed by atoms with van der Waals surface area (Å²) in [5.74, 6) is -0.622. The lowest BCUT2D eigenvalue weighted by Crippen LogP contribution is -2.03. The first-order valence-corrected chi connectivity index (χ1v) is 6.05. The fourth-order valence-electron chi connectivity index (χ4n) is 1.74. The van der Waals surface area contributed by atoms with Gasteiger partial charge >= 0.3 is 0 Å². The Morgan fingerprint density at radius 3 is 2.16 bits per heavy atom. The van der Waals surface area contributed by atoms with Gasteiger partial charge in [-0.15, -0.1) is 0 Å². The molecule has 0 saturated carbocycles. The molecule has 0 bridgehead atoms. The number of halogens is 2. The molecule has 4 heteroatoms. The van der Waals surface area contributed by atoms with Gasteiger partial charge < -0.3 is 10.5 Å². The molecule has 0 amide bonds. The van der Waals surface area contributed by atoms with Crippen molar-refractivity contribution in [2.24, 2.45) is 5.73 Å². The summed E-state index contributed by atoms with van der Waals surface area (Å²) in [4.78, 5) is 0. The van der Waals surface area contributed by atoms with Crippen LogP contribution in [0.15, 0.2) is 42.5 Å². The van der Waals surface area contributed by atoms with E-state index in [0.717, 1.165) is 12.0 Å². The number of nitrogens with two attached hydrogens (primary N) is 1. The molecule has 0 fully saturated rings. The molecule has 100 valence electrons. The lowest BCUT2D eigenvalue weighted by Gasteiger charge is -2.08. The molecule has 0 saturated heterocycles. The average molecular weight is 263 g/mol. The quantitative estimate of drug-likeness (QED) is 0.899. The molecule has 0 heterocycles. The number of ether oxygens (including phenoxy) is 1. The highest BCUT2D eigenvalue weighted by Gasteiger charge is 2.08. The molecular formula is C15H15F2NO. The summed E-state index contributed by atoms with van der Waals surface area (Å²) in [6.07, 6.45) is 0.794. The SMILES string of the molecule is NCCc1ccc(OCc2c(F)cccc2F)cc1. The third-order valence-corrected chi connectivity index (χ3v) is 2.80. The fourth-order valence-corrected chi connectivity index (χ4v) is 1.74. The van der Waals surface area contributed by atoms with Crippen molar-refractivity contribution in [2.45, 2.75) is 13.0 Å². The second kappa shape index (κ2) is 6.29. The molecule has 0 aliphatic rings. The molecule has 2 nitrogen and oxygen atoms in total. The van der Waals surface area contributed by atoms with Gasteiger partial charge in [-0.2, -0.15) is 0 Å². The number of hydrogen-bond donors (Lipinski definition) is 1. The van der Waals surface area contributed by atoms with Crippen molar-refractivity contribution < 1.29 is 13.5 Å². The van der Waals surface area contributed by atoms with Crippen molar-refractivity contribution in [2.75, 3.05) is 6.54 Å². The highest BCUT2D eigenvalue weighted by molar-refractivity contribution is 5.28. The Balaban J connectivity index is 2.02. The van der Waals surface area contributed by atoms with Crippen LogP contribution in [0.4, 0.5) is 8.78 Å². The predicted octanol–water partition coefficient (Wildman–Crippen LogP) is 3.05. The Hall–Kier alpha value is -1.94. The molecular weight excluding hydrogens is 248 g/mol. The minimum atomic E-state index is -0.597. The summed E-state index contributed by atoms with van der Waals surface area (Å²) >= 11 is 0. The van der Waals surface area contributed by atoms with Crippen LogP contribution in [-0.2, 0) is 13.0 Å². The molecule has 0 aliphatic heterocycles. The summed E-state index contributed by atoms with van der Waals surface area (Å²) in [6, 6.07) is 11.1. The number of rotatable bonds is 5.